The van der Waals surface area contributed by atoms with Gasteiger partial charge in [0.05, 0.1) is 18.6 Å². The van der Waals surface area contributed by atoms with Gasteiger partial charge in [-0.2, -0.15) is 0 Å². The molecule has 0 spiro atoms. The van der Waals surface area contributed by atoms with Gasteiger partial charge in [0.25, 0.3) is 0 Å². The first-order valence-corrected chi connectivity index (χ1v) is 8.54. The Morgan fingerprint density at radius 2 is 2.00 bits per heavy atom. The molecule has 0 radical (unpaired) electrons. The van der Waals surface area contributed by atoms with Gasteiger partial charge in [-0.05, 0) is 53.4 Å². The molecule has 0 bridgehead atoms. The summed E-state index contributed by atoms with van der Waals surface area (Å²) in [5.74, 6) is -0.533. The van der Waals surface area contributed by atoms with Crippen molar-refractivity contribution in [3.63, 3.8) is 0 Å². The van der Waals surface area contributed by atoms with Crippen molar-refractivity contribution in [1.29, 1.82) is 0 Å². The summed E-state index contributed by atoms with van der Waals surface area (Å²) in [5, 5.41) is 0. The van der Waals surface area contributed by atoms with E-state index < -0.39 is 16.0 Å². The molecule has 7 heteroatoms. The Morgan fingerprint density at radius 3 is 2.55 bits per heavy atom. The molecule has 0 unspecified atom stereocenters. The number of esters is 1. The number of carbonyl (C=O) groups is 1. The van der Waals surface area contributed by atoms with Crippen LogP contribution in [0.25, 0.3) is 0 Å². The number of hydrogen-bond acceptors (Lipinski definition) is 4. The highest BCUT2D eigenvalue weighted by atomic mass is 79.9. The molecule has 1 aromatic carbocycles. The molecule has 0 aromatic heterocycles. The highest BCUT2D eigenvalue weighted by Crippen LogP contribution is 2.28. The first-order chi connectivity index (χ1) is 9.25. The average molecular weight is 364 g/mol. The van der Waals surface area contributed by atoms with Crippen molar-refractivity contribution in [2.24, 2.45) is 0 Å². The molecule has 20 heavy (non-hydrogen) atoms. The van der Waals surface area contributed by atoms with Crippen molar-refractivity contribution in [2.45, 2.75) is 26.7 Å². The normalized spacial score (nSPS) is 11.2. The number of rotatable bonds is 6. The number of nitrogens with one attached hydrogen (secondary N) is 1. The maximum absolute atomic E-state index is 12.0. The van der Waals surface area contributed by atoms with Gasteiger partial charge in [-0.3, -0.25) is 9.52 Å². The molecule has 112 valence electrons. The van der Waals surface area contributed by atoms with E-state index in [9.17, 15) is 13.2 Å². The molecule has 0 aliphatic rings. The van der Waals surface area contributed by atoms with Crippen LogP contribution < -0.4 is 4.72 Å². The van der Waals surface area contributed by atoms with E-state index in [0.717, 1.165) is 11.1 Å². The van der Waals surface area contributed by atoms with E-state index in [2.05, 4.69) is 25.4 Å². The van der Waals surface area contributed by atoms with Crippen LogP contribution in [-0.4, -0.2) is 27.2 Å². The average Bonchev–Trinajstić information content (AvgIpc) is 2.33. The van der Waals surface area contributed by atoms with E-state index in [1.165, 1.54) is 7.11 Å². The first kappa shape index (κ1) is 17.0. The summed E-state index contributed by atoms with van der Waals surface area (Å²) in [6, 6.07) is 3.75. The van der Waals surface area contributed by atoms with Crippen LogP contribution in [0, 0.1) is 13.8 Å². The summed E-state index contributed by atoms with van der Waals surface area (Å²) in [5.41, 5.74) is 2.42. The van der Waals surface area contributed by atoms with Gasteiger partial charge < -0.3 is 4.74 Å². The zero-order valence-electron chi connectivity index (χ0n) is 11.7. The summed E-state index contributed by atoms with van der Waals surface area (Å²) in [6.45, 7) is 3.77. The van der Waals surface area contributed by atoms with Gasteiger partial charge in [-0.25, -0.2) is 8.42 Å². The van der Waals surface area contributed by atoms with Gasteiger partial charge in [-0.15, -0.1) is 0 Å². The molecular weight excluding hydrogens is 346 g/mol. The smallest absolute Gasteiger partial charge is 0.305 e. The highest BCUT2D eigenvalue weighted by Gasteiger charge is 2.15. The highest BCUT2D eigenvalue weighted by molar-refractivity contribution is 9.10. The molecule has 1 N–H and O–H groups in total. The van der Waals surface area contributed by atoms with Crippen LogP contribution in [0.2, 0.25) is 0 Å². The molecule has 0 atom stereocenters. The summed E-state index contributed by atoms with van der Waals surface area (Å²) in [6.07, 6.45) is 0.315. The summed E-state index contributed by atoms with van der Waals surface area (Å²) in [4.78, 5) is 11.0. The minimum atomic E-state index is -3.48. The number of methoxy groups -OCH3 is 1. The predicted octanol–water partition coefficient (Wildman–Crippen LogP) is 2.76. The van der Waals surface area contributed by atoms with Crippen LogP contribution in [0.1, 0.15) is 24.0 Å². The van der Waals surface area contributed by atoms with Gasteiger partial charge in [0, 0.05) is 10.9 Å². The van der Waals surface area contributed by atoms with Gasteiger partial charge in [0.1, 0.15) is 0 Å². The minimum Gasteiger partial charge on any atom is -0.469 e. The van der Waals surface area contributed by atoms with E-state index >= 15 is 0 Å². The van der Waals surface area contributed by atoms with Crippen LogP contribution in [0.15, 0.2) is 16.6 Å². The lowest BCUT2D eigenvalue weighted by atomic mass is 10.1. The maximum Gasteiger partial charge on any atom is 0.305 e. The zero-order valence-corrected chi connectivity index (χ0v) is 14.1. The molecule has 1 aromatic rings. The molecular formula is C13H18BrNO4S. The number of ether oxygens (including phenoxy) is 1. The lowest BCUT2D eigenvalue weighted by Gasteiger charge is -2.13. The van der Waals surface area contributed by atoms with Crippen LogP contribution >= 0.6 is 15.9 Å². The monoisotopic (exact) mass is 363 g/mol. The Hall–Kier alpha value is -1.08. The van der Waals surface area contributed by atoms with Gasteiger partial charge in [-0.1, -0.05) is 6.07 Å². The summed E-state index contributed by atoms with van der Waals surface area (Å²) >= 11 is 3.35. The maximum atomic E-state index is 12.0. The summed E-state index contributed by atoms with van der Waals surface area (Å²) < 4.78 is 31.7. The van der Waals surface area contributed by atoms with Gasteiger partial charge in [0.15, 0.2) is 0 Å². The van der Waals surface area contributed by atoms with Crippen molar-refractivity contribution in [1.82, 2.24) is 0 Å². The van der Waals surface area contributed by atoms with Crippen LogP contribution in [0.4, 0.5) is 5.69 Å². The topological polar surface area (TPSA) is 72.5 Å². The third kappa shape index (κ3) is 5.13. The van der Waals surface area contributed by atoms with Crippen molar-refractivity contribution in [3.8, 4) is 0 Å². The molecule has 0 heterocycles. The van der Waals surface area contributed by atoms with Crippen molar-refractivity contribution >= 4 is 37.6 Å². The van der Waals surface area contributed by atoms with E-state index in [1.807, 2.05) is 26.0 Å². The molecule has 0 saturated heterocycles. The number of sulfonamides is 1. The van der Waals surface area contributed by atoms with Crippen molar-refractivity contribution < 1.29 is 17.9 Å². The fourth-order valence-electron chi connectivity index (χ4n) is 1.76. The largest absolute Gasteiger partial charge is 0.469 e. The standard InChI is InChI=1S/C13H18BrNO4S/c1-9-7-10(2)13(11(14)8-9)15-20(17,18)6-4-5-12(16)19-3/h7-8,15H,4-6H2,1-3H3. The number of carbonyl (C=O) groups excluding carboxylic acids is 1. The van der Waals surface area contributed by atoms with Crippen molar-refractivity contribution in [3.05, 3.63) is 27.7 Å². The SMILES string of the molecule is COC(=O)CCCS(=O)(=O)Nc1c(C)cc(C)cc1Br. The second-order valence-electron chi connectivity index (χ2n) is 4.54. The summed E-state index contributed by atoms with van der Waals surface area (Å²) in [7, 11) is -2.20. The molecule has 0 aliphatic heterocycles. The number of benzene rings is 1. The Morgan fingerprint density at radius 1 is 1.35 bits per heavy atom. The molecule has 1 rings (SSSR count). The zero-order chi connectivity index (χ0) is 15.3. The second kappa shape index (κ2) is 7.08. The number of anilines is 1. The third-order valence-corrected chi connectivity index (χ3v) is 4.68. The fraction of sp³-hybridized carbons (Fsp3) is 0.462. The Kier molecular flexibility index (Phi) is 6.01. The van der Waals surface area contributed by atoms with Crippen LogP contribution in [0.3, 0.4) is 0 Å². The Bertz CT molecular complexity index is 575. The van der Waals surface area contributed by atoms with E-state index in [-0.39, 0.29) is 18.6 Å². The number of aryl methyl sites for hydroxylation is 2. The van der Waals surface area contributed by atoms with Gasteiger partial charge >= 0.3 is 5.97 Å². The molecule has 0 saturated carbocycles. The van der Waals surface area contributed by atoms with Crippen molar-refractivity contribution in [2.75, 3.05) is 17.6 Å². The second-order valence-corrected chi connectivity index (χ2v) is 7.24. The van der Waals surface area contributed by atoms with Gasteiger partial charge in [0.2, 0.25) is 10.0 Å². The molecule has 0 aliphatic carbocycles. The van der Waals surface area contributed by atoms with E-state index in [1.54, 1.807) is 0 Å². The molecule has 0 amide bonds. The predicted molar refractivity (Wildman–Crippen MR) is 82.3 cm³/mol. The first-order valence-electron chi connectivity index (χ1n) is 6.09. The van der Waals surface area contributed by atoms with E-state index in [4.69, 9.17) is 0 Å². The number of halogens is 1. The Balaban J connectivity index is 2.74. The fourth-order valence-corrected chi connectivity index (χ4v) is 3.87. The van der Waals surface area contributed by atoms with Crippen LogP contribution in [0.5, 0.6) is 0 Å². The minimum absolute atomic E-state index is 0.0887. The molecule has 0 fully saturated rings. The Labute approximate surface area is 127 Å². The lowest BCUT2D eigenvalue weighted by molar-refractivity contribution is -0.140. The lowest BCUT2D eigenvalue weighted by Crippen LogP contribution is -2.18. The van der Waals surface area contributed by atoms with Crippen LogP contribution in [-0.2, 0) is 19.6 Å². The molecule has 5 nitrogen and oxygen atoms in total. The quantitative estimate of drug-likeness (QED) is 0.788. The third-order valence-electron chi connectivity index (χ3n) is 2.71. The number of hydrogen-bond donors (Lipinski definition) is 1. The van der Waals surface area contributed by atoms with E-state index in [0.29, 0.717) is 10.2 Å².